The fourth-order valence-electron chi connectivity index (χ4n) is 3.43. The maximum absolute atomic E-state index is 11.3. The monoisotopic (exact) mass is 430 g/mol. The van der Waals surface area contributed by atoms with Crippen LogP contribution in [-0.4, -0.2) is 68.3 Å². The van der Waals surface area contributed by atoms with E-state index in [1.807, 2.05) is 26.0 Å². The number of hydrogen-bond acceptors (Lipinski definition) is 6. The highest BCUT2D eigenvalue weighted by Crippen LogP contribution is 2.22. The molecule has 168 valence electrons. The first-order chi connectivity index (χ1) is 14.6. The van der Waals surface area contributed by atoms with Crippen LogP contribution in [0.2, 0.25) is 0 Å². The number of carboxylic acids is 2. The summed E-state index contributed by atoms with van der Waals surface area (Å²) in [5, 5.41) is 38.7. The Morgan fingerprint density at radius 3 is 1.45 bits per heavy atom. The van der Waals surface area contributed by atoms with Crippen molar-refractivity contribution in [1.82, 2.24) is 9.80 Å². The van der Waals surface area contributed by atoms with Gasteiger partial charge in [0.05, 0.1) is 13.1 Å². The second kappa shape index (κ2) is 11.3. The van der Waals surface area contributed by atoms with Gasteiger partial charge in [-0.3, -0.25) is 19.4 Å². The summed E-state index contributed by atoms with van der Waals surface area (Å²) in [6.45, 7) is 4.72. The minimum atomic E-state index is -0.974. The average Bonchev–Trinajstić information content (AvgIpc) is 2.65. The van der Waals surface area contributed by atoms with E-state index >= 15 is 0 Å². The number of carboxylic acid groups (broad SMARTS) is 2. The third kappa shape index (κ3) is 8.27. The number of aliphatic carboxylic acids is 2. The van der Waals surface area contributed by atoms with Crippen molar-refractivity contribution < 1.29 is 30.0 Å². The zero-order valence-corrected chi connectivity index (χ0v) is 17.9. The topological polar surface area (TPSA) is 122 Å². The van der Waals surface area contributed by atoms with E-state index in [9.17, 15) is 30.0 Å². The maximum Gasteiger partial charge on any atom is 0.317 e. The zero-order valence-electron chi connectivity index (χ0n) is 17.9. The van der Waals surface area contributed by atoms with Crippen LogP contribution in [0.25, 0.3) is 0 Å². The second-order valence-electron chi connectivity index (χ2n) is 7.83. The number of phenolic OH excluding ortho intramolecular Hbond substituents is 2. The molecule has 2 aromatic rings. The SMILES string of the molecule is Cc1ccc(CN(CCCN(CC(=O)O)Cc2ccc(C)cc2O)CC(=O)O)c(O)c1. The summed E-state index contributed by atoms with van der Waals surface area (Å²) in [6.07, 6.45) is 0.528. The second-order valence-corrected chi connectivity index (χ2v) is 7.83. The van der Waals surface area contributed by atoms with Gasteiger partial charge in [0.2, 0.25) is 0 Å². The standard InChI is InChI=1S/C23H30N2O6/c1-16-4-6-18(20(26)10-16)12-24(14-22(28)29)8-3-9-25(15-23(30)31)13-19-7-5-17(2)11-21(19)27/h4-7,10-11,26-27H,3,8-9,12-15H2,1-2H3,(H,28,29)(H,30,31). The molecule has 0 spiro atoms. The molecular formula is C23H30N2O6. The Bertz CT molecular complexity index is 841. The predicted octanol–water partition coefficient (Wildman–Crippen LogP) is 2.58. The van der Waals surface area contributed by atoms with E-state index in [2.05, 4.69) is 0 Å². The number of benzene rings is 2. The smallest absolute Gasteiger partial charge is 0.317 e. The Labute approximate surface area is 182 Å². The summed E-state index contributed by atoms with van der Waals surface area (Å²) in [5.74, 6) is -1.70. The lowest BCUT2D eigenvalue weighted by atomic mass is 10.1. The first-order valence-corrected chi connectivity index (χ1v) is 10.1. The molecule has 4 N–H and O–H groups in total. The summed E-state index contributed by atoms with van der Waals surface area (Å²) in [6, 6.07) is 10.5. The molecule has 2 rings (SSSR count). The zero-order chi connectivity index (χ0) is 23.0. The number of rotatable bonds is 12. The van der Waals surface area contributed by atoms with Gasteiger partial charge < -0.3 is 20.4 Å². The molecule has 0 atom stereocenters. The lowest BCUT2D eigenvalue weighted by Crippen LogP contribution is -2.35. The van der Waals surface area contributed by atoms with E-state index in [4.69, 9.17) is 0 Å². The predicted molar refractivity (Wildman–Crippen MR) is 116 cm³/mol. The highest BCUT2D eigenvalue weighted by molar-refractivity contribution is 5.69. The molecule has 0 aliphatic rings. The van der Waals surface area contributed by atoms with Crippen molar-refractivity contribution in [3.63, 3.8) is 0 Å². The lowest BCUT2D eigenvalue weighted by molar-refractivity contribution is -0.139. The number of nitrogens with zero attached hydrogens (tertiary/aromatic N) is 2. The molecule has 8 heteroatoms. The van der Waals surface area contributed by atoms with E-state index < -0.39 is 11.9 Å². The molecule has 0 amide bonds. The molecule has 0 saturated carbocycles. The van der Waals surface area contributed by atoms with E-state index in [1.54, 1.807) is 34.1 Å². The van der Waals surface area contributed by atoms with Crippen LogP contribution in [-0.2, 0) is 22.7 Å². The Balaban J connectivity index is 2.01. The largest absolute Gasteiger partial charge is 0.508 e. The van der Waals surface area contributed by atoms with Gasteiger partial charge in [-0.15, -0.1) is 0 Å². The Kier molecular flexibility index (Phi) is 8.84. The van der Waals surface area contributed by atoms with Gasteiger partial charge in [-0.05, 0) is 43.5 Å². The minimum absolute atomic E-state index is 0.123. The molecule has 0 radical (unpaired) electrons. The van der Waals surface area contributed by atoms with E-state index in [1.165, 1.54) is 0 Å². The molecule has 0 aliphatic heterocycles. The van der Waals surface area contributed by atoms with Crippen LogP contribution in [0.3, 0.4) is 0 Å². The number of hydrogen-bond donors (Lipinski definition) is 4. The van der Waals surface area contributed by atoms with Gasteiger partial charge >= 0.3 is 11.9 Å². The quantitative estimate of drug-likeness (QED) is 0.405. The summed E-state index contributed by atoms with van der Waals surface area (Å²) < 4.78 is 0. The summed E-state index contributed by atoms with van der Waals surface area (Å²) in [5.41, 5.74) is 3.10. The Hall–Kier alpha value is -3.10. The average molecular weight is 431 g/mol. The first kappa shape index (κ1) is 24.2. The van der Waals surface area contributed by atoms with Gasteiger partial charge in [-0.2, -0.15) is 0 Å². The van der Waals surface area contributed by atoms with Crippen molar-refractivity contribution in [2.24, 2.45) is 0 Å². The molecule has 0 heterocycles. The number of phenols is 2. The molecule has 0 aliphatic carbocycles. The van der Waals surface area contributed by atoms with Crippen LogP contribution in [0.5, 0.6) is 11.5 Å². The van der Waals surface area contributed by atoms with Gasteiger partial charge in [-0.1, -0.05) is 24.3 Å². The molecule has 31 heavy (non-hydrogen) atoms. The fourth-order valence-corrected chi connectivity index (χ4v) is 3.43. The minimum Gasteiger partial charge on any atom is -0.508 e. The molecule has 0 saturated heterocycles. The Morgan fingerprint density at radius 2 is 1.13 bits per heavy atom. The van der Waals surface area contributed by atoms with E-state index in [0.29, 0.717) is 30.6 Å². The van der Waals surface area contributed by atoms with Crippen LogP contribution in [0.15, 0.2) is 36.4 Å². The summed E-state index contributed by atoms with van der Waals surface area (Å²) >= 11 is 0. The van der Waals surface area contributed by atoms with Crippen LogP contribution in [0.4, 0.5) is 0 Å². The highest BCUT2D eigenvalue weighted by atomic mass is 16.4. The lowest BCUT2D eigenvalue weighted by Gasteiger charge is -2.24. The van der Waals surface area contributed by atoms with Crippen LogP contribution in [0, 0.1) is 13.8 Å². The summed E-state index contributed by atoms with van der Waals surface area (Å²) in [7, 11) is 0. The first-order valence-electron chi connectivity index (χ1n) is 10.1. The number of aromatic hydroxyl groups is 2. The Morgan fingerprint density at radius 1 is 0.742 bits per heavy atom. The van der Waals surface area contributed by atoms with Gasteiger partial charge in [0.25, 0.3) is 0 Å². The van der Waals surface area contributed by atoms with Crippen molar-refractivity contribution in [2.75, 3.05) is 26.2 Å². The normalized spacial score (nSPS) is 11.2. The number of carbonyl (C=O) groups is 2. The number of aryl methyl sites for hydroxylation is 2. The highest BCUT2D eigenvalue weighted by Gasteiger charge is 2.16. The van der Waals surface area contributed by atoms with Crippen molar-refractivity contribution in [3.8, 4) is 11.5 Å². The van der Waals surface area contributed by atoms with E-state index in [-0.39, 0.29) is 37.7 Å². The van der Waals surface area contributed by atoms with Crippen LogP contribution in [0.1, 0.15) is 28.7 Å². The van der Waals surface area contributed by atoms with Gasteiger partial charge in [-0.25, -0.2) is 0 Å². The van der Waals surface area contributed by atoms with Crippen molar-refractivity contribution in [3.05, 3.63) is 58.7 Å². The van der Waals surface area contributed by atoms with Crippen LogP contribution < -0.4 is 0 Å². The van der Waals surface area contributed by atoms with Gasteiger partial charge in [0, 0.05) is 37.3 Å². The molecular weight excluding hydrogens is 400 g/mol. The molecule has 2 aromatic carbocycles. The maximum atomic E-state index is 11.3. The molecule has 8 nitrogen and oxygen atoms in total. The van der Waals surface area contributed by atoms with Crippen LogP contribution >= 0.6 is 0 Å². The van der Waals surface area contributed by atoms with E-state index in [0.717, 1.165) is 11.1 Å². The molecule has 0 aromatic heterocycles. The van der Waals surface area contributed by atoms with Gasteiger partial charge in [0.1, 0.15) is 11.5 Å². The van der Waals surface area contributed by atoms with Gasteiger partial charge in [0.15, 0.2) is 0 Å². The molecule has 0 fully saturated rings. The third-order valence-electron chi connectivity index (χ3n) is 4.94. The molecule has 0 unspecified atom stereocenters. The van der Waals surface area contributed by atoms with Crippen molar-refractivity contribution >= 4 is 11.9 Å². The van der Waals surface area contributed by atoms with Crippen molar-refractivity contribution in [1.29, 1.82) is 0 Å². The van der Waals surface area contributed by atoms with Crippen molar-refractivity contribution in [2.45, 2.75) is 33.4 Å². The fraction of sp³-hybridized carbons (Fsp3) is 0.391. The third-order valence-corrected chi connectivity index (χ3v) is 4.94. The summed E-state index contributed by atoms with van der Waals surface area (Å²) in [4.78, 5) is 25.9. The molecule has 0 bridgehead atoms.